The van der Waals surface area contributed by atoms with E-state index >= 15 is 0 Å². The molecule has 0 amide bonds. The summed E-state index contributed by atoms with van der Waals surface area (Å²) in [5.41, 5.74) is -0.199. The van der Waals surface area contributed by atoms with Gasteiger partial charge in [-0.1, -0.05) is 24.6 Å². The Labute approximate surface area is 112 Å². The van der Waals surface area contributed by atoms with Gasteiger partial charge in [0.05, 0.1) is 12.1 Å². The third kappa shape index (κ3) is 2.87. The Morgan fingerprint density at radius 1 is 1.33 bits per heavy atom. The van der Waals surface area contributed by atoms with Crippen LogP contribution in [0.1, 0.15) is 25.7 Å². The summed E-state index contributed by atoms with van der Waals surface area (Å²) in [6, 6.07) is 1.88. The molecular weight excluding hydrogens is 248 g/mol. The van der Waals surface area contributed by atoms with Crippen molar-refractivity contribution in [1.29, 1.82) is 0 Å². The molecule has 1 fully saturated rings. The fourth-order valence-electron chi connectivity index (χ4n) is 2.35. The lowest BCUT2D eigenvalue weighted by Crippen LogP contribution is -2.39. The number of anilines is 2. The van der Waals surface area contributed by atoms with E-state index < -0.39 is 0 Å². The first-order chi connectivity index (χ1) is 8.71. The van der Waals surface area contributed by atoms with Crippen molar-refractivity contribution in [3.8, 4) is 0 Å². The highest BCUT2D eigenvalue weighted by molar-refractivity contribution is 7.98. The zero-order valence-electron chi connectivity index (χ0n) is 10.9. The first kappa shape index (κ1) is 13.4. The number of nitrogens with one attached hydrogen (secondary N) is 2. The molecule has 0 atom stereocenters. The van der Waals surface area contributed by atoms with Gasteiger partial charge in [-0.05, 0) is 19.1 Å². The molecular formula is C12H20N4OS. The number of thioether (sulfide) groups is 1. The summed E-state index contributed by atoms with van der Waals surface area (Å²) in [5.74, 6) is 1.58. The van der Waals surface area contributed by atoms with Crippen LogP contribution in [0.3, 0.4) is 0 Å². The lowest BCUT2D eigenvalue weighted by molar-refractivity contribution is 0.213. The Balaban J connectivity index is 2.21. The largest absolute Gasteiger partial charge is 0.394 e. The van der Waals surface area contributed by atoms with Crippen molar-refractivity contribution < 1.29 is 5.11 Å². The minimum atomic E-state index is -0.199. The van der Waals surface area contributed by atoms with E-state index in [0.29, 0.717) is 0 Å². The summed E-state index contributed by atoms with van der Waals surface area (Å²) in [7, 11) is 1.84. The molecule has 0 spiro atoms. The van der Waals surface area contributed by atoms with Crippen LogP contribution in [0, 0.1) is 0 Å². The summed E-state index contributed by atoms with van der Waals surface area (Å²) in [6.07, 6.45) is 6.27. The summed E-state index contributed by atoms with van der Waals surface area (Å²) in [5, 5.41) is 16.8. The number of aromatic nitrogens is 2. The Kier molecular flexibility index (Phi) is 4.29. The molecule has 1 aromatic heterocycles. The molecule has 18 heavy (non-hydrogen) atoms. The van der Waals surface area contributed by atoms with Gasteiger partial charge < -0.3 is 15.7 Å². The van der Waals surface area contributed by atoms with Crippen LogP contribution in [-0.4, -0.2) is 40.5 Å². The summed E-state index contributed by atoms with van der Waals surface area (Å²) in [4.78, 5) is 8.78. The van der Waals surface area contributed by atoms with Crippen LogP contribution in [0.5, 0.6) is 0 Å². The fraction of sp³-hybridized carbons (Fsp3) is 0.667. The van der Waals surface area contributed by atoms with Crippen molar-refractivity contribution in [3.05, 3.63) is 6.07 Å². The van der Waals surface area contributed by atoms with E-state index in [2.05, 4.69) is 20.6 Å². The molecule has 100 valence electrons. The highest BCUT2D eigenvalue weighted by Gasteiger charge is 2.33. The van der Waals surface area contributed by atoms with Crippen molar-refractivity contribution in [1.82, 2.24) is 9.97 Å². The normalized spacial score (nSPS) is 17.7. The van der Waals surface area contributed by atoms with Crippen LogP contribution in [0.15, 0.2) is 11.2 Å². The molecule has 1 aliphatic carbocycles. The van der Waals surface area contributed by atoms with E-state index in [1.165, 1.54) is 11.8 Å². The van der Waals surface area contributed by atoms with Crippen molar-refractivity contribution in [3.63, 3.8) is 0 Å². The molecule has 2 rings (SSSR count). The molecule has 6 heteroatoms. The van der Waals surface area contributed by atoms with Crippen LogP contribution in [0.4, 0.5) is 11.6 Å². The van der Waals surface area contributed by atoms with Crippen molar-refractivity contribution >= 4 is 23.4 Å². The second-order valence-electron chi connectivity index (χ2n) is 4.65. The van der Waals surface area contributed by atoms with Crippen molar-refractivity contribution in [2.24, 2.45) is 0 Å². The molecule has 1 heterocycles. The number of nitrogens with zero attached hydrogens (tertiary/aromatic N) is 2. The zero-order chi connectivity index (χ0) is 13.0. The highest BCUT2D eigenvalue weighted by Crippen LogP contribution is 2.32. The van der Waals surface area contributed by atoms with E-state index in [-0.39, 0.29) is 12.1 Å². The topological polar surface area (TPSA) is 70.1 Å². The van der Waals surface area contributed by atoms with Gasteiger partial charge in [-0.25, -0.2) is 9.97 Å². The SMILES string of the molecule is CNc1cc(NC2(CO)CCCC2)nc(SC)n1. The predicted molar refractivity (Wildman–Crippen MR) is 75.3 cm³/mol. The fourth-order valence-corrected chi connectivity index (χ4v) is 2.73. The molecule has 0 radical (unpaired) electrons. The number of aliphatic hydroxyl groups excluding tert-OH is 1. The van der Waals surface area contributed by atoms with E-state index in [0.717, 1.165) is 42.5 Å². The molecule has 0 unspecified atom stereocenters. The van der Waals surface area contributed by atoms with E-state index in [9.17, 15) is 5.11 Å². The average Bonchev–Trinajstić information content (AvgIpc) is 2.87. The number of aliphatic hydroxyl groups is 1. The average molecular weight is 268 g/mol. The second-order valence-corrected chi connectivity index (χ2v) is 5.42. The predicted octanol–water partition coefficient (Wildman–Crippen LogP) is 1.96. The quantitative estimate of drug-likeness (QED) is 0.560. The Hall–Kier alpha value is -1.01. The maximum absolute atomic E-state index is 9.60. The van der Waals surface area contributed by atoms with Crippen LogP contribution in [0.2, 0.25) is 0 Å². The van der Waals surface area contributed by atoms with E-state index in [4.69, 9.17) is 0 Å². The van der Waals surface area contributed by atoms with Crippen molar-refractivity contribution in [2.45, 2.75) is 36.4 Å². The molecule has 1 saturated carbocycles. The van der Waals surface area contributed by atoms with Crippen molar-refractivity contribution in [2.75, 3.05) is 30.5 Å². The highest BCUT2D eigenvalue weighted by atomic mass is 32.2. The molecule has 0 aromatic carbocycles. The number of hydrogen-bond acceptors (Lipinski definition) is 6. The standard InChI is InChI=1S/C12H20N4OS/c1-13-9-7-10(15-11(14-9)18-2)16-12(8-17)5-3-4-6-12/h7,17H,3-6,8H2,1-2H3,(H2,13,14,15,16). The smallest absolute Gasteiger partial charge is 0.191 e. The number of hydrogen-bond donors (Lipinski definition) is 3. The minimum Gasteiger partial charge on any atom is -0.394 e. The van der Waals surface area contributed by atoms with Gasteiger partial charge >= 0.3 is 0 Å². The van der Waals surface area contributed by atoms with E-state index in [1.807, 2.05) is 19.4 Å². The third-order valence-electron chi connectivity index (χ3n) is 3.40. The molecule has 0 bridgehead atoms. The van der Waals surface area contributed by atoms with Gasteiger partial charge in [-0.2, -0.15) is 0 Å². The van der Waals surface area contributed by atoms with Crippen LogP contribution in [-0.2, 0) is 0 Å². The van der Waals surface area contributed by atoms with Gasteiger partial charge in [0.25, 0.3) is 0 Å². The molecule has 1 aromatic rings. The molecule has 1 aliphatic rings. The van der Waals surface area contributed by atoms with Gasteiger partial charge in [0.1, 0.15) is 11.6 Å². The maximum Gasteiger partial charge on any atom is 0.191 e. The van der Waals surface area contributed by atoms with Gasteiger partial charge in [0, 0.05) is 13.1 Å². The molecule has 0 aliphatic heterocycles. The van der Waals surface area contributed by atoms with Crippen LogP contribution < -0.4 is 10.6 Å². The maximum atomic E-state index is 9.60. The van der Waals surface area contributed by atoms with Gasteiger partial charge in [0.2, 0.25) is 0 Å². The second kappa shape index (κ2) is 5.75. The van der Waals surface area contributed by atoms with Gasteiger partial charge in [0.15, 0.2) is 5.16 Å². The first-order valence-electron chi connectivity index (χ1n) is 6.21. The summed E-state index contributed by atoms with van der Waals surface area (Å²) < 4.78 is 0. The lowest BCUT2D eigenvalue weighted by atomic mass is 9.99. The minimum absolute atomic E-state index is 0.153. The monoisotopic (exact) mass is 268 g/mol. The first-order valence-corrected chi connectivity index (χ1v) is 7.44. The van der Waals surface area contributed by atoms with Gasteiger partial charge in [-0.3, -0.25) is 0 Å². The van der Waals surface area contributed by atoms with Crippen LogP contribution >= 0.6 is 11.8 Å². The third-order valence-corrected chi connectivity index (χ3v) is 3.95. The van der Waals surface area contributed by atoms with Crippen LogP contribution in [0.25, 0.3) is 0 Å². The van der Waals surface area contributed by atoms with Gasteiger partial charge in [-0.15, -0.1) is 0 Å². The number of rotatable bonds is 5. The Morgan fingerprint density at radius 3 is 2.56 bits per heavy atom. The summed E-state index contributed by atoms with van der Waals surface area (Å²) >= 11 is 1.51. The molecule has 5 nitrogen and oxygen atoms in total. The molecule has 3 N–H and O–H groups in total. The molecule has 0 saturated heterocycles. The Bertz CT molecular complexity index is 385. The lowest BCUT2D eigenvalue weighted by Gasteiger charge is -2.28. The van der Waals surface area contributed by atoms with E-state index in [1.54, 1.807) is 0 Å². The summed E-state index contributed by atoms with van der Waals surface area (Å²) in [6.45, 7) is 0.153. The Morgan fingerprint density at radius 2 is 2.00 bits per heavy atom. The zero-order valence-corrected chi connectivity index (χ0v) is 11.7.